The molecular weight excluding hydrogens is 499 g/mol. The Morgan fingerprint density at radius 3 is 2.51 bits per heavy atom. The minimum atomic E-state index is -4.42. The van der Waals surface area contributed by atoms with Crippen molar-refractivity contribution < 1.29 is 18.0 Å². The Hall–Kier alpha value is -3.32. The highest BCUT2D eigenvalue weighted by Gasteiger charge is 2.30. The third-order valence-corrected chi connectivity index (χ3v) is 7.31. The summed E-state index contributed by atoms with van der Waals surface area (Å²) in [6.45, 7) is 2.86. The highest BCUT2D eigenvalue weighted by molar-refractivity contribution is 6.30. The molecule has 1 amide bonds. The molecule has 4 nitrogen and oxygen atoms in total. The number of hydrogen-bond acceptors (Lipinski definition) is 2. The van der Waals surface area contributed by atoms with E-state index in [0.29, 0.717) is 34.6 Å². The maximum absolute atomic E-state index is 13.3. The average molecular weight is 526 g/mol. The fourth-order valence-electron chi connectivity index (χ4n) is 5.05. The number of carbonyl (C=O) groups excluding carboxylic acids is 1. The lowest BCUT2D eigenvalue weighted by Gasteiger charge is -2.33. The highest BCUT2D eigenvalue weighted by atomic mass is 35.5. The molecule has 1 fully saturated rings. The largest absolute Gasteiger partial charge is 0.416 e. The van der Waals surface area contributed by atoms with Crippen LogP contribution in [0.25, 0.3) is 28.0 Å². The topological polar surface area (TPSA) is 37.6 Å². The second-order valence-corrected chi connectivity index (χ2v) is 10.0. The number of alkyl halides is 3. The van der Waals surface area contributed by atoms with Gasteiger partial charge in [-0.2, -0.15) is 13.2 Å². The molecule has 1 saturated heterocycles. The number of pyridine rings is 1. The van der Waals surface area contributed by atoms with E-state index in [-0.39, 0.29) is 11.9 Å². The molecule has 0 spiro atoms. The highest BCUT2D eigenvalue weighted by Crippen LogP contribution is 2.33. The summed E-state index contributed by atoms with van der Waals surface area (Å²) in [7, 11) is 0. The van der Waals surface area contributed by atoms with E-state index in [2.05, 4.69) is 6.92 Å². The van der Waals surface area contributed by atoms with E-state index in [1.54, 1.807) is 36.5 Å². The third-order valence-electron chi connectivity index (χ3n) is 7.06. The molecule has 2 aromatic heterocycles. The van der Waals surface area contributed by atoms with Crippen molar-refractivity contribution in [1.29, 1.82) is 0 Å². The first kappa shape index (κ1) is 25.3. The summed E-state index contributed by atoms with van der Waals surface area (Å²) in [4.78, 5) is 19.9. The van der Waals surface area contributed by atoms with Crippen LogP contribution in [0.5, 0.6) is 0 Å². The summed E-state index contributed by atoms with van der Waals surface area (Å²) in [5.41, 5.74) is 3.50. The Bertz CT molecular complexity index is 1430. The molecule has 0 N–H and O–H groups in total. The SMILES string of the molecule is C[C@@H]1CCCCN1C(=O)CCc1c(-c2ccc(Cl)cc2)nc2ccc(-c3cccc(C(F)(F)F)c3)cn12. The van der Waals surface area contributed by atoms with Crippen LogP contribution >= 0.6 is 11.6 Å². The van der Waals surface area contributed by atoms with Crippen molar-refractivity contribution in [2.45, 2.75) is 51.2 Å². The van der Waals surface area contributed by atoms with Crippen LogP contribution in [-0.4, -0.2) is 32.8 Å². The number of benzene rings is 2. The molecule has 0 saturated carbocycles. The van der Waals surface area contributed by atoms with Gasteiger partial charge >= 0.3 is 6.18 Å². The number of nitrogens with zero attached hydrogens (tertiary/aromatic N) is 3. The molecule has 0 unspecified atom stereocenters. The van der Waals surface area contributed by atoms with E-state index in [1.807, 2.05) is 21.4 Å². The molecular formula is C29H27ClF3N3O. The molecule has 1 aliphatic rings. The summed E-state index contributed by atoms with van der Waals surface area (Å²) in [6.07, 6.45) is 1.32. The molecule has 4 aromatic rings. The lowest BCUT2D eigenvalue weighted by atomic mass is 10.0. The fourth-order valence-corrected chi connectivity index (χ4v) is 5.18. The number of aromatic nitrogens is 2. The zero-order valence-electron chi connectivity index (χ0n) is 20.4. The quantitative estimate of drug-likeness (QED) is 0.268. The zero-order valence-corrected chi connectivity index (χ0v) is 21.2. The van der Waals surface area contributed by atoms with E-state index in [1.165, 1.54) is 6.07 Å². The molecule has 0 bridgehead atoms. The predicted molar refractivity (Wildman–Crippen MR) is 139 cm³/mol. The maximum Gasteiger partial charge on any atom is 0.416 e. The van der Waals surface area contributed by atoms with Gasteiger partial charge in [0.05, 0.1) is 17.0 Å². The Morgan fingerprint density at radius 1 is 1.03 bits per heavy atom. The minimum Gasteiger partial charge on any atom is -0.340 e. The zero-order chi connectivity index (χ0) is 26.2. The summed E-state index contributed by atoms with van der Waals surface area (Å²) >= 11 is 6.10. The van der Waals surface area contributed by atoms with Gasteiger partial charge in [0.1, 0.15) is 5.65 Å². The van der Waals surface area contributed by atoms with Crippen LogP contribution in [0.15, 0.2) is 66.9 Å². The number of aryl methyl sites for hydroxylation is 1. The van der Waals surface area contributed by atoms with Crippen LogP contribution < -0.4 is 0 Å². The van der Waals surface area contributed by atoms with Crippen LogP contribution in [0, 0.1) is 0 Å². The standard InChI is InChI=1S/C29H27ClF3N3O/c1-19-5-2-3-16-35(19)27(37)15-13-25-28(20-8-11-24(30)12-9-20)34-26-14-10-22(18-36(25)26)21-6-4-7-23(17-21)29(31,32)33/h4,6-12,14,17-19H,2-3,5,13,15-16H2,1H3/t19-/m1/s1. The Balaban J connectivity index is 1.55. The van der Waals surface area contributed by atoms with Gasteiger partial charge in [-0.05, 0) is 80.1 Å². The van der Waals surface area contributed by atoms with Crippen molar-refractivity contribution in [1.82, 2.24) is 14.3 Å². The molecule has 0 radical (unpaired) electrons. The molecule has 5 rings (SSSR count). The molecule has 1 atom stereocenters. The normalized spacial score (nSPS) is 16.4. The fraction of sp³-hybridized carbons (Fsp3) is 0.310. The number of halogens is 4. The van der Waals surface area contributed by atoms with Crippen molar-refractivity contribution in [3.63, 3.8) is 0 Å². The number of rotatable bonds is 5. The van der Waals surface area contributed by atoms with Crippen LogP contribution in [0.2, 0.25) is 5.02 Å². The van der Waals surface area contributed by atoms with E-state index in [4.69, 9.17) is 16.6 Å². The van der Waals surface area contributed by atoms with Crippen LogP contribution in [0.1, 0.15) is 43.9 Å². The lowest BCUT2D eigenvalue weighted by molar-refractivity contribution is -0.137. The molecule has 1 aliphatic heterocycles. The first-order chi connectivity index (χ1) is 17.7. The van der Waals surface area contributed by atoms with Gasteiger partial charge in [0.15, 0.2) is 0 Å². The second-order valence-electron chi connectivity index (χ2n) is 9.57. The second kappa shape index (κ2) is 10.2. The van der Waals surface area contributed by atoms with Crippen molar-refractivity contribution >= 4 is 23.2 Å². The van der Waals surface area contributed by atoms with Crippen LogP contribution in [-0.2, 0) is 17.4 Å². The molecule has 37 heavy (non-hydrogen) atoms. The van der Waals surface area contributed by atoms with E-state index < -0.39 is 11.7 Å². The minimum absolute atomic E-state index is 0.109. The number of carbonyl (C=O) groups is 1. The number of piperidine rings is 1. The van der Waals surface area contributed by atoms with Gasteiger partial charge in [0.2, 0.25) is 5.91 Å². The van der Waals surface area contributed by atoms with Gasteiger partial charge in [-0.25, -0.2) is 4.98 Å². The maximum atomic E-state index is 13.3. The van der Waals surface area contributed by atoms with E-state index >= 15 is 0 Å². The van der Waals surface area contributed by atoms with Crippen molar-refractivity contribution in [2.75, 3.05) is 6.54 Å². The summed E-state index contributed by atoms with van der Waals surface area (Å²) < 4.78 is 41.8. The number of amides is 1. The summed E-state index contributed by atoms with van der Waals surface area (Å²) in [5, 5.41) is 0.607. The summed E-state index contributed by atoms with van der Waals surface area (Å²) in [5.74, 6) is 0.109. The molecule has 192 valence electrons. The van der Waals surface area contributed by atoms with Crippen molar-refractivity contribution in [3.8, 4) is 22.4 Å². The molecule has 8 heteroatoms. The van der Waals surface area contributed by atoms with Gasteiger partial charge in [0, 0.05) is 35.8 Å². The number of fused-ring (bicyclic) bond motifs is 1. The van der Waals surface area contributed by atoms with Gasteiger partial charge in [0.25, 0.3) is 0 Å². The van der Waals surface area contributed by atoms with E-state index in [9.17, 15) is 18.0 Å². The third kappa shape index (κ3) is 5.37. The number of hydrogen-bond donors (Lipinski definition) is 0. The monoisotopic (exact) mass is 525 g/mol. The van der Waals surface area contributed by atoms with Crippen LogP contribution in [0.4, 0.5) is 13.2 Å². The van der Waals surface area contributed by atoms with Gasteiger partial charge < -0.3 is 9.30 Å². The molecule has 2 aromatic carbocycles. The van der Waals surface area contributed by atoms with Gasteiger partial charge in [-0.1, -0.05) is 35.9 Å². The van der Waals surface area contributed by atoms with Crippen molar-refractivity contribution in [3.05, 3.63) is 83.1 Å². The number of likely N-dealkylation sites (tertiary alicyclic amines) is 1. The molecule has 0 aliphatic carbocycles. The average Bonchev–Trinajstić information content (AvgIpc) is 3.25. The first-order valence-electron chi connectivity index (χ1n) is 12.4. The Kier molecular flexibility index (Phi) is 6.99. The van der Waals surface area contributed by atoms with Gasteiger partial charge in [-0.15, -0.1) is 0 Å². The Labute approximate surface area is 218 Å². The van der Waals surface area contributed by atoms with Crippen LogP contribution in [0.3, 0.4) is 0 Å². The summed E-state index contributed by atoms with van der Waals surface area (Å²) in [6, 6.07) is 16.4. The number of imidazole rings is 1. The van der Waals surface area contributed by atoms with Gasteiger partial charge in [-0.3, -0.25) is 4.79 Å². The smallest absolute Gasteiger partial charge is 0.340 e. The van der Waals surface area contributed by atoms with E-state index in [0.717, 1.165) is 54.9 Å². The predicted octanol–water partition coefficient (Wildman–Crippen LogP) is 7.67. The molecule has 3 heterocycles. The first-order valence-corrected chi connectivity index (χ1v) is 12.8. The van der Waals surface area contributed by atoms with Crippen molar-refractivity contribution in [2.24, 2.45) is 0 Å². The lowest BCUT2D eigenvalue weighted by Crippen LogP contribution is -2.42. The Morgan fingerprint density at radius 2 is 1.78 bits per heavy atom.